The van der Waals surface area contributed by atoms with Crippen LogP contribution in [0.4, 0.5) is 4.79 Å². The maximum absolute atomic E-state index is 13.8. The molecule has 0 aromatic heterocycles. The molecule has 1 aromatic rings. The Morgan fingerprint density at radius 2 is 1.81 bits per heavy atom. The van der Waals surface area contributed by atoms with Crippen molar-refractivity contribution in [3.05, 3.63) is 29.3 Å². The van der Waals surface area contributed by atoms with Crippen molar-refractivity contribution in [1.82, 2.24) is 15.5 Å². The van der Waals surface area contributed by atoms with Crippen LogP contribution in [0.2, 0.25) is 0 Å². The van der Waals surface area contributed by atoms with E-state index in [1.807, 2.05) is 6.92 Å². The summed E-state index contributed by atoms with van der Waals surface area (Å²) in [4.78, 5) is 52.4. The van der Waals surface area contributed by atoms with Crippen molar-refractivity contribution >= 4 is 23.9 Å². The maximum atomic E-state index is 13.8. The molecule has 3 atom stereocenters. The van der Waals surface area contributed by atoms with Crippen molar-refractivity contribution < 1.29 is 38.9 Å². The van der Waals surface area contributed by atoms with E-state index in [0.717, 1.165) is 4.90 Å². The number of nitrogens with zero attached hydrogens (tertiary/aromatic N) is 1. The van der Waals surface area contributed by atoms with Crippen molar-refractivity contribution in [2.75, 3.05) is 26.8 Å². The monoisotopic (exact) mass is 509 g/mol. The SMILES string of the molecule is CCC(C)C(NC(=O)OC(C)(C)C)C(=O)N(CCO)C(C(=O)NCC(=O)OC)c1cccc(C)c1O. The van der Waals surface area contributed by atoms with Crippen LogP contribution in [0.25, 0.3) is 0 Å². The Labute approximate surface area is 212 Å². The van der Waals surface area contributed by atoms with Gasteiger partial charge in [0.1, 0.15) is 30.0 Å². The van der Waals surface area contributed by atoms with E-state index in [-0.39, 0.29) is 23.8 Å². The number of aryl methyl sites for hydroxylation is 1. The highest BCUT2D eigenvalue weighted by Crippen LogP contribution is 2.32. The zero-order chi connectivity index (χ0) is 27.6. The van der Waals surface area contributed by atoms with E-state index in [2.05, 4.69) is 15.4 Å². The molecule has 3 unspecified atom stereocenters. The molecule has 11 heteroatoms. The summed E-state index contributed by atoms with van der Waals surface area (Å²) < 4.78 is 9.88. The Hall–Kier alpha value is -3.34. The third-order valence-corrected chi connectivity index (χ3v) is 5.53. The van der Waals surface area contributed by atoms with Gasteiger partial charge in [-0.15, -0.1) is 0 Å². The number of aliphatic hydroxyl groups is 1. The van der Waals surface area contributed by atoms with Crippen LogP contribution < -0.4 is 10.6 Å². The highest BCUT2D eigenvalue weighted by atomic mass is 16.6. The smallest absolute Gasteiger partial charge is 0.408 e. The number of para-hydroxylation sites is 1. The van der Waals surface area contributed by atoms with Crippen LogP contribution in [0.3, 0.4) is 0 Å². The van der Waals surface area contributed by atoms with E-state index >= 15 is 0 Å². The van der Waals surface area contributed by atoms with Crippen LogP contribution in [0, 0.1) is 12.8 Å². The number of amides is 3. The molecular formula is C25H39N3O8. The lowest BCUT2D eigenvalue weighted by Crippen LogP contribution is -2.56. The summed E-state index contributed by atoms with van der Waals surface area (Å²) in [7, 11) is 1.17. The normalized spacial score (nSPS) is 13.7. The number of nitrogens with one attached hydrogen (secondary N) is 2. The summed E-state index contributed by atoms with van der Waals surface area (Å²) in [5.41, 5.74) is -0.249. The lowest BCUT2D eigenvalue weighted by atomic mass is 9.95. The Bertz CT molecular complexity index is 928. The molecule has 0 aliphatic heterocycles. The van der Waals surface area contributed by atoms with Gasteiger partial charge < -0.3 is 35.2 Å². The number of aromatic hydroxyl groups is 1. The quantitative estimate of drug-likeness (QED) is 0.329. The summed E-state index contributed by atoms with van der Waals surface area (Å²) in [6.45, 7) is 9.03. The largest absolute Gasteiger partial charge is 0.507 e. The summed E-state index contributed by atoms with van der Waals surface area (Å²) in [5, 5.41) is 25.5. The fraction of sp³-hybridized carbons (Fsp3) is 0.600. The van der Waals surface area contributed by atoms with Crippen LogP contribution in [0.5, 0.6) is 5.75 Å². The average Bonchev–Trinajstić information content (AvgIpc) is 2.81. The molecule has 0 aliphatic carbocycles. The van der Waals surface area contributed by atoms with Crippen LogP contribution in [0.15, 0.2) is 18.2 Å². The van der Waals surface area contributed by atoms with Gasteiger partial charge in [0.05, 0.1) is 13.7 Å². The van der Waals surface area contributed by atoms with Gasteiger partial charge in [0.2, 0.25) is 11.8 Å². The molecule has 0 spiro atoms. The number of phenolic OH excluding ortho intramolecular Hbond substituents is 1. The van der Waals surface area contributed by atoms with Gasteiger partial charge >= 0.3 is 12.1 Å². The third kappa shape index (κ3) is 8.71. The first-order valence-corrected chi connectivity index (χ1v) is 11.8. The van der Waals surface area contributed by atoms with Gasteiger partial charge in [-0.25, -0.2) is 4.79 Å². The molecule has 202 valence electrons. The number of methoxy groups -OCH3 is 1. The number of hydrogen-bond donors (Lipinski definition) is 4. The fourth-order valence-electron chi connectivity index (χ4n) is 3.45. The Balaban J connectivity index is 3.53. The highest BCUT2D eigenvalue weighted by molar-refractivity contribution is 5.93. The molecule has 0 bridgehead atoms. The van der Waals surface area contributed by atoms with E-state index < -0.39 is 54.7 Å². The minimum atomic E-state index is -1.42. The average molecular weight is 510 g/mol. The van der Waals surface area contributed by atoms with Gasteiger partial charge in [0.15, 0.2) is 0 Å². The van der Waals surface area contributed by atoms with Crippen molar-refractivity contribution in [2.24, 2.45) is 5.92 Å². The molecule has 0 fully saturated rings. The standard InChI is InChI=1S/C25H39N3O8/c1-8-15(2)19(27-24(34)36-25(4,5)6)23(33)28(12-13-29)20(22(32)26-14-18(30)35-7)17-11-9-10-16(3)21(17)31/h9-11,15,19-20,29,31H,8,12-14H2,1-7H3,(H,26,32)(H,27,34). The molecule has 0 saturated heterocycles. The number of alkyl carbamates (subject to hydrolysis) is 1. The second-order valence-electron chi connectivity index (χ2n) is 9.47. The summed E-state index contributed by atoms with van der Waals surface area (Å²) in [6, 6.07) is 2.20. The molecule has 3 amide bonds. The van der Waals surface area contributed by atoms with E-state index in [4.69, 9.17) is 4.74 Å². The van der Waals surface area contributed by atoms with E-state index in [1.165, 1.54) is 13.2 Å². The molecule has 0 saturated carbocycles. The number of rotatable bonds is 11. The van der Waals surface area contributed by atoms with E-state index in [1.54, 1.807) is 46.8 Å². The molecule has 1 rings (SSSR count). The number of hydrogen-bond acceptors (Lipinski definition) is 8. The number of esters is 1. The van der Waals surface area contributed by atoms with Crippen molar-refractivity contribution in [2.45, 2.75) is 65.6 Å². The van der Waals surface area contributed by atoms with Crippen molar-refractivity contribution in [1.29, 1.82) is 0 Å². The topological polar surface area (TPSA) is 154 Å². The number of phenols is 1. The number of benzene rings is 1. The lowest BCUT2D eigenvalue weighted by molar-refractivity contribution is -0.145. The molecular weight excluding hydrogens is 470 g/mol. The predicted octanol–water partition coefficient (Wildman–Crippen LogP) is 1.79. The van der Waals surface area contributed by atoms with Gasteiger partial charge in [0, 0.05) is 12.1 Å². The molecule has 11 nitrogen and oxygen atoms in total. The molecule has 4 N–H and O–H groups in total. The number of carbonyl (C=O) groups is 4. The first-order chi connectivity index (χ1) is 16.8. The van der Waals surface area contributed by atoms with Crippen LogP contribution in [-0.2, 0) is 23.9 Å². The van der Waals surface area contributed by atoms with Gasteiger partial charge in [-0.1, -0.05) is 38.5 Å². The van der Waals surface area contributed by atoms with Crippen molar-refractivity contribution in [3.8, 4) is 5.75 Å². The zero-order valence-electron chi connectivity index (χ0n) is 22.1. The first kappa shape index (κ1) is 30.7. The molecule has 1 aromatic carbocycles. The van der Waals surface area contributed by atoms with Crippen LogP contribution in [0.1, 0.15) is 58.2 Å². The first-order valence-electron chi connectivity index (χ1n) is 11.8. The third-order valence-electron chi connectivity index (χ3n) is 5.53. The van der Waals surface area contributed by atoms with Crippen LogP contribution in [-0.4, -0.2) is 77.4 Å². The Kier molecular flexibility index (Phi) is 11.7. The minimum absolute atomic E-state index is 0.0966. The Morgan fingerprint density at radius 3 is 2.33 bits per heavy atom. The van der Waals surface area contributed by atoms with Crippen LogP contribution >= 0.6 is 0 Å². The number of ether oxygens (including phenoxy) is 2. The Morgan fingerprint density at radius 1 is 1.17 bits per heavy atom. The summed E-state index contributed by atoms with van der Waals surface area (Å²) >= 11 is 0. The minimum Gasteiger partial charge on any atom is -0.507 e. The lowest BCUT2D eigenvalue weighted by Gasteiger charge is -2.36. The van der Waals surface area contributed by atoms with E-state index in [0.29, 0.717) is 12.0 Å². The zero-order valence-corrected chi connectivity index (χ0v) is 22.1. The summed E-state index contributed by atoms with van der Waals surface area (Å²) in [5.74, 6) is -2.73. The summed E-state index contributed by atoms with van der Waals surface area (Å²) in [6.07, 6.45) is -0.302. The number of aliphatic hydroxyl groups excluding tert-OH is 1. The van der Waals surface area contributed by atoms with Gasteiger partial charge in [-0.3, -0.25) is 14.4 Å². The van der Waals surface area contributed by atoms with Gasteiger partial charge in [-0.2, -0.15) is 0 Å². The number of carbonyl (C=O) groups excluding carboxylic acids is 4. The molecule has 0 aliphatic rings. The highest BCUT2D eigenvalue weighted by Gasteiger charge is 2.39. The van der Waals surface area contributed by atoms with Crippen molar-refractivity contribution in [3.63, 3.8) is 0 Å². The molecule has 36 heavy (non-hydrogen) atoms. The van der Waals surface area contributed by atoms with E-state index in [9.17, 15) is 29.4 Å². The second kappa shape index (κ2) is 13.7. The van der Waals surface area contributed by atoms with Gasteiger partial charge in [0.25, 0.3) is 0 Å². The molecule has 0 heterocycles. The molecule has 0 radical (unpaired) electrons. The predicted molar refractivity (Wildman–Crippen MR) is 132 cm³/mol. The second-order valence-corrected chi connectivity index (χ2v) is 9.47. The van der Waals surface area contributed by atoms with Gasteiger partial charge in [-0.05, 0) is 39.2 Å². The fourth-order valence-corrected chi connectivity index (χ4v) is 3.45. The maximum Gasteiger partial charge on any atom is 0.408 e.